The summed E-state index contributed by atoms with van der Waals surface area (Å²) < 4.78 is 10.5. The Hall–Kier alpha value is -3.02. The highest BCUT2D eigenvalue weighted by atomic mass is 16.5. The maximum absolute atomic E-state index is 12.3. The Bertz CT molecular complexity index is 802. The van der Waals surface area contributed by atoms with Crippen molar-refractivity contribution >= 4 is 17.5 Å². The van der Waals surface area contributed by atoms with Crippen LogP contribution in [-0.2, 0) is 16.0 Å². The standard InChI is InChI=1S/C22H26N2O4/c1-3-28-18-10-6-16(7-11-18)24-22(26)20-14-19(20)21(25)23-13-12-15-4-8-17(27-2)9-5-15/h4-11,19-20H,3,12-14H2,1-2H3,(H,23,25)(H,24,26). The zero-order chi connectivity index (χ0) is 19.9. The number of hydrogen-bond donors (Lipinski definition) is 2. The van der Waals surface area contributed by atoms with Gasteiger partial charge in [0.15, 0.2) is 0 Å². The summed E-state index contributed by atoms with van der Waals surface area (Å²) in [7, 11) is 1.63. The van der Waals surface area contributed by atoms with Gasteiger partial charge in [0, 0.05) is 12.2 Å². The van der Waals surface area contributed by atoms with E-state index in [0.29, 0.717) is 25.3 Å². The average Bonchev–Trinajstić information content (AvgIpc) is 3.51. The summed E-state index contributed by atoms with van der Waals surface area (Å²) in [6, 6.07) is 15.0. The Morgan fingerprint density at radius 2 is 1.61 bits per heavy atom. The number of benzene rings is 2. The van der Waals surface area contributed by atoms with Crippen LogP contribution in [0.4, 0.5) is 5.69 Å². The molecular weight excluding hydrogens is 356 g/mol. The lowest BCUT2D eigenvalue weighted by Crippen LogP contribution is -2.29. The lowest BCUT2D eigenvalue weighted by atomic mass is 10.1. The van der Waals surface area contributed by atoms with E-state index in [9.17, 15) is 9.59 Å². The quantitative estimate of drug-likeness (QED) is 0.699. The predicted octanol–water partition coefficient (Wildman–Crippen LogP) is 3.03. The SMILES string of the molecule is CCOc1ccc(NC(=O)C2CC2C(=O)NCCc2ccc(OC)cc2)cc1. The van der Waals surface area contributed by atoms with Gasteiger partial charge in [-0.15, -0.1) is 0 Å². The Balaban J connectivity index is 1.39. The molecule has 0 aliphatic heterocycles. The summed E-state index contributed by atoms with van der Waals surface area (Å²) in [5.74, 6) is 0.916. The van der Waals surface area contributed by atoms with E-state index in [1.807, 2.05) is 43.3 Å². The van der Waals surface area contributed by atoms with E-state index in [1.54, 1.807) is 19.2 Å². The van der Waals surface area contributed by atoms with Crippen molar-refractivity contribution in [2.24, 2.45) is 11.8 Å². The van der Waals surface area contributed by atoms with Gasteiger partial charge in [-0.3, -0.25) is 9.59 Å². The highest BCUT2D eigenvalue weighted by Crippen LogP contribution is 2.39. The highest BCUT2D eigenvalue weighted by molar-refractivity contribution is 5.99. The Labute approximate surface area is 165 Å². The van der Waals surface area contributed by atoms with Gasteiger partial charge in [0.2, 0.25) is 11.8 Å². The van der Waals surface area contributed by atoms with Crippen LogP contribution in [0, 0.1) is 11.8 Å². The zero-order valence-corrected chi connectivity index (χ0v) is 16.2. The van der Waals surface area contributed by atoms with Crippen LogP contribution in [0.2, 0.25) is 0 Å². The summed E-state index contributed by atoms with van der Waals surface area (Å²) in [4.78, 5) is 24.6. The van der Waals surface area contributed by atoms with Gasteiger partial charge in [0.25, 0.3) is 0 Å². The molecule has 2 amide bonds. The molecule has 1 saturated carbocycles. The average molecular weight is 382 g/mol. The van der Waals surface area contributed by atoms with Gasteiger partial charge in [0.05, 0.1) is 25.6 Å². The van der Waals surface area contributed by atoms with Crippen molar-refractivity contribution in [2.75, 3.05) is 25.6 Å². The van der Waals surface area contributed by atoms with Crippen LogP contribution in [0.3, 0.4) is 0 Å². The first-order chi connectivity index (χ1) is 13.6. The van der Waals surface area contributed by atoms with E-state index < -0.39 is 0 Å². The molecule has 2 aromatic rings. The number of carbonyl (C=O) groups is 2. The van der Waals surface area contributed by atoms with Crippen molar-refractivity contribution in [1.29, 1.82) is 0 Å². The third kappa shape index (κ3) is 5.25. The minimum atomic E-state index is -0.257. The zero-order valence-electron chi connectivity index (χ0n) is 16.2. The fourth-order valence-corrected chi connectivity index (χ4v) is 3.06. The maximum Gasteiger partial charge on any atom is 0.228 e. The third-order valence-electron chi connectivity index (χ3n) is 4.77. The molecule has 1 aliphatic rings. The molecule has 0 heterocycles. The van der Waals surface area contributed by atoms with E-state index in [1.165, 1.54) is 0 Å². The van der Waals surface area contributed by atoms with Gasteiger partial charge in [0.1, 0.15) is 11.5 Å². The number of carbonyl (C=O) groups excluding carboxylic acids is 2. The monoisotopic (exact) mass is 382 g/mol. The summed E-state index contributed by atoms with van der Waals surface area (Å²) in [5.41, 5.74) is 1.83. The van der Waals surface area contributed by atoms with Crippen LogP contribution in [0.1, 0.15) is 18.9 Å². The second-order valence-corrected chi connectivity index (χ2v) is 6.78. The van der Waals surface area contributed by atoms with Crippen molar-refractivity contribution < 1.29 is 19.1 Å². The van der Waals surface area contributed by atoms with E-state index in [4.69, 9.17) is 9.47 Å². The highest BCUT2D eigenvalue weighted by Gasteiger charge is 2.47. The van der Waals surface area contributed by atoms with E-state index in [-0.39, 0.29) is 23.7 Å². The van der Waals surface area contributed by atoms with Crippen molar-refractivity contribution in [1.82, 2.24) is 5.32 Å². The molecule has 3 rings (SSSR count). The molecule has 0 bridgehead atoms. The van der Waals surface area contributed by atoms with Crippen molar-refractivity contribution in [3.63, 3.8) is 0 Å². The molecule has 6 nitrogen and oxygen atoms in total. The minimum absolute atomic E-state index is 0.0552. The molecule has 1 aliphatic carbocycles. The van der Waals surface area contributed by atoms with Crippen molar-refractivity contribution in [2.45, 2.75) is 19.8 Å². The lowest BCUT2D eigenvalue weighted by molar-refractivity contribution is -0.125. The number of rotatable bonds is 9. The van der Waals surface area contributed by atoms with Crippen LogP contribution in [0.5, 0.6) is 11.5 Å². The fraction of sp³-hybridized carbons (Fsp3) is 0.364. The smallest absolute Gasteiger partial charge is 0.228 e. The molecule has 0 aromatic heterocycles. The molecule has 0 radical (unpaired) electrons. The number of methoxy groups -OCH3 is 1. The van der Waals surface area contributed by atoms with Crippen LogP contribution >= 0.6 is 0 Å². The van der Waals surface area contributed by atoms with E-state index in [0.717, 1.165) is 23.5 Å². The first-order valence-electron chi connectivity index (χ1n) is 9.55. The molecule has 2 aromatic carbocycles. The molecule has 0 saturated heterocycles. The van der Waals surface area contributed by atoms with Crippen LogP contribution in [0.15, 0.2) is 48.5 Å². The van der Waals surface area contributed by atoms with Gasteiger partial charge in [-0.05, 0) is 61.7 Å². The van der Waals surface area contributed by atoms with Crippen molar-refractivity contribution in [3.8, 4) is 11.5 Å². The molecule has 2 atom stereocenters. The molecule has 148 valence electrons. The predicted molar refractivity (Wildman–Crippen MR) is 108 cm³/mol. The number of hydrogen-bond acceptors (Lipinski definition) is 4. The third-order valence-corrected chi connectivity index (χ3v) is 4.77. The topological polar surface area (TPSA) is 76.7 Å². The Kier molecular flexibility index (Phi) is 6.53. The Morgan fingerprint density at radius 1 is 0.964 bits per heavy atom. The number of anilines is 1. The fourth-order valence-electron chi connectivity index (χ4n) is 3.06. The summed E-state index contributed by atoms with van der Waals surface area (Å²) in [5, 5.41) is 5.79. The summed E-state index contributed by atoms with van der Waals surface area (Å²) in [6.45, 7) is 3.07. The number of nitrogens with one attached hydrogen (secondary N) is 2. The molecule has 6 heteroatoms. The first-order valence-corrected chi connectivity index (χ1v) is 9.55. The largest absolute Gasteiger partial charge is 0.497 e. The van der Waals surface area contributed by atoms with Crippen LogP contribution in [-0.4, -0.2) is 32.1 Å². The summed E-state index contributed by atoms with van der Waals surface area (Å²) in [6.07, 6.45) is 1.34. The summed E-state index contributed by atoms with van der Waals surface area (Å²) >= 11 is 0. The number of amides is 2. The maximum atomic E-state index is 12.3. The van der Waals surface area contributed by atoms with Crippen LogP contribution < -0.4 is 20.1 Å². The molecule has 2 N–H and O–H groups in total. The second kappa shape index (κ2) is 9.26. The van der Waals surface area contributed by atoms with E-state index in [2.05, 4.69) is 10.6 Å². The Morgan fingerprint density at radius 3 is 2.25 bits per heavy atom. The lowest BCUT2D eigenvalue weighted by Gasteiger charge is -2.08. The molecule has 1 fully saturated rings. The van der Waals surface area contributed by atoms with Crippen LogP contribution in [0.25, 0.3) is 0 Å². The normalized spacial score (nSPS) is 17.5. The van der Waals surface area contributed by atoms with E-state index >= 15 is 0 Å². The minimum Gasteiger partial charge on any atom is -0.497 e. The second-order valence-electron chi connectivity index (χ2n) is 6.78. The van der Waals surface area contributed by atoms with Gasteiger partial charge in [-0.2, -0.15) is 0 Å². The molecule has 28 heavy (non-hydrogen) atoms. The molecule has 0 spiro atoms. The van der Waals surface area contributed by atoms with Gasteiger partial charge in [-0.1, -0.05) is 12.1 Å². The first kappa shape index (κ1) is 19.7. The van der Waals surface area contributed by atoms with Gasteiger partial charge in [-0.25, -0.2) is 0 Å². The molecular formula is C22H26N2O4. The molecule has 2 unspecified atom stereocenters. The van der Waals surface area contributed by atoms with Gasteiger partial charge >= 0.3 is 0 Å². The number of ether oxygens (including phenoxy) is 2. The van der Waals surface area contributed by atoms with Gasteiger partial charge < -0.3 is 20.1 Å². The van der Waals surface area contributed by atoms with Crippen molar-refractivity contribution in [3.05, 3.63) is 54.1 Å².